The van der Waals surface area contributed by atoms with E-state index in [1.165, 1.54) is 17.7 Å². The molecule has 2 aromatic rings. The Balaban J connectivity index is 1.51. The van der Waals surface area contributed by atoms with Crippen LogP contribution in [-0.2, 0) is 11.3 Å². The van der Waals surface area contributed by atoms with Crippen molar-refractivity contribution in [2.45, 2.75) is 31.8 Å². The minimum absolute atomic E-state index is 0.0938. The van der Waals surface area contributed by atoms with Crippen LogP contribution in [0.5, 0.6) is 0 Å². The molecule has 2 aromatic heterocycles. The van der Waals surface area contributed by atoms with Gasteiger partial charge in [0.05, 0.1) is 6.04 Å². The lowest BCUT2D eigenvalue weighted by molar-refractivity contribution is -0.121. The lowest BCUT2D eigenvalue weighted by Crippen LogP contribution is -2.36. The summed E-state index contributed by atoms with van der Waals surface area (Å²) in [6.07, 6.45) is 6.60. The van der Waals surface area contributed by atoms with E-state index >= 15 is 0 Å². The maximum atomic E-state index is 12.1. The minimum atomic E-state index is 0.0938. The minimum Gasteiger partial charge on any atom is -0.354 e. The van der Waals surface area contributed by atoms with Gasteiger partial charge in [-0.25, -0.2) is 0 Å². The maximum Gasteiger partial charge on any atom is 0.221 e. The fraction of sp³-hybridized carbons (Fsp3) is 0.500. The molecule has 6 heteroatoms. The molecule has 22 heavy (non-hydrogen) atoms. The predicted molar refractivity (Wildman–Crippen MR) is 87.7 cm³/mol. The zero-order chi connectivity index (χ0) is 15.2. The van der Waals surface area contributed by atoms with Crippen molar-refractivity contribution in [3.8, 4) is 0 Å². The Labute approximate surface area is 134 Å². The summed E-state index contributed by atoms with van der Waals surface area (Å²) in [6, 6.07) is 6.45. The number of hydrogen-bond acceptors (Lipinski definition) is 4. The van der Waals surface area contributed by atoms with E-state index in [0.717, 1.165) is 13.1 Å². The third-order valence-electron chi connectivity index (χ3n) is 4.07. The third kappa shape index (κ3) is 3.96. The summed E-state index contributed by atoms with van der Waals surface area (Å²) in [5.74, 6) is 0.0938. The average molecular weight is 318 g/mol. The number of aryl methyl sites for hydroxylation is 1. The van der Waals surface area contributed by atoms with Crippen molar-refractivity contribution in [2.75, 3.05) is 19.6 Å². The van der Waals surface area contributed by atoms with Crippen LogP contribution in [0, 0.1) is 0 Å². The van der Waals surface area contributed by atoms with Gasteiger partial charge in [0.1, 0.15) is 0 Å². The van der Waals surface area contributed by atoms with E-state index in [0.29, 0.717) is 25.6 Å². The van der Waals surface area contributed by atoms with E-state index in [4.69, 9.17) is 0 Å². The second-order valence-corrected chi connectivity index (χ2v) is 6.58. The molecule has 0 radical (unpaired) electrons. The number of likely N-dealkylation sites (tertiary alicyclic amines) is 1. The first-order valence-corrected chi connectivity index (χ1v) is 8.72. The first kappa shape index (κ1) is 15.2. The van der Waals surface area contributed by atoms with Crippen molar-refractivity contribution in [1.82, 2.24) is 20.0 Å². The van der Waals surface area contributed by atoms with Crippen LogP contribution in [0.4, 0.5) is 0 Å². The molecule has 3 heterocycles. The van der Waals surface area contributed by atoms with Crippen LogP contribution >= 0.6 is 11.3 Å². The van der Waals surface area contributed by atoms with Crippen LogP contribution in [0.3, 0.4) is 0 Å². The van der Waals surface area contributed by atoms with E-state index in [1.807, 2.05) is 12.3 Å². The molecule has 1 atom stereocenters. The molecule has 0 spiro atoms. The normalized spacial score (nSPS) is 16.7. The molecular weight excluding hydrogens is 296 g/mol. The Hall–Kier alpha value is -1.66. The Morgan fingerprint density at radius 3 is 2.91 bits per heavy atom. The number of amides is 1. The van der Waals surface area contributed by atoms with Crippen LogP contribution in [0.1, 0.15) is 30.2 Å². The van der Waals surface area contributed by atoms with Gasteiger partial charge in [-0.1, -0.05) is 6.07 Å². The summed E-state index contributed by atoms with van der Waals surface area (Å²) >= 11 is 1.77. The van der Waals surface area contributed by atoms with Crippen LogP contribution in [-0.4, -0.2) is 40.2 Å². The van der Waals surface area contributed by atoms with Crippen molar-refractivity contribution < 1.29 is 4.79 Å². The lowest BCUT2D eigenvalue weighted by Gasteiger charge is -2.26. The van der Waals surface area contributed by atoms with Gasteiger partial charge in [0.2, 0.25) is 5.91 Å². The SMILES string of the molecule is O=C(CCn1cccn1)NCC(c1cccs1)N1CCCC1. The van der Waals surface area contributed by atoms with Gasteiger partial charge in [0.15, 0.2) is 0 Å². The van der Waals surface area contributed by atoms with E-state index in [9.17, 15) is 4.79 Å². The summed E-state index contributed by atoms with van der Waals surface area (Å²) in [5.41, 5.74) is 0. The average Bonchev–Trinajstić information content (AvgIpc) is 3.27. The van der Waals surface area contributed by atoms with Gasteiger partial charge in [-0.2, -0.15) is 5.10 Å². The number of rotatable bonds is 7. The molecule has 0 saturated carbocycles. The van der Waals surface area contributed by atoms with Crippen LogP contribution in [0.15, 0.2) is 36.0 Å². The van der Waals surface area contributed by atoms with Gasteiger partial charge in [-0.15, -0.1) is 11.3 Å². The van der Waals surface area contributed by atoms with E-state index in [1.54, 1.807) is 22.2 Å². The van der Waals surface area contributed by atoms with Gasteiger partial charge < -0.3 is 5.32 Å². The molecule has 0 aliphatic carbocycles. The first-order valence-electron chi connectivity index (χ1n) is 7.84. The van der Waals surface area contributed by atoms with Gasteiger partial charge in [-0.05, 0) is 43.4 Å². The van der Waals surface area contributed by atoms with Crippen molar-refractivity contribution in [2.24, 2.45) is 0 Å². The second kappa shape index (κ2) is 7.56. The molecule has 5 nitrogen and oxygen atoms in total. The molecule has 1 saturated heterocycles. The maximum absolute atomic E-state index is 12.1. The molecule has 1 aliphatic rings. The van der Waals surface area contributed by atoms with Crippen molar-refractivity contribution in [3.05, 3.63) is 40.8 Å². The predicted octanol–water partition coefficient (Wildman–Crippen LogP) is 2.29. The number of thiophene rings is 1. The van der Waals surface area contributed by atoms with E-state index in [2.05, 4.69) is 32.8 Å². The Kier molecular flexibility index (Phi) is 5.24. The highest BCUT2D eigenvalue weighted by atomic mass is 32.1. The smallest absolute Gasteiger partial charge is 0.221 e. The highest BCUT2D eigenvalue weighted by Crippen LogP contribution is 2.27. The van der Waals surface area contributed by atoms with Crippen molar-refractivity contribution >= 4 is 17.2 Å². The molecule has 3 rings (SSSR count). The zero-order valence-electron chi connectivity index (χ0n) is 12.6. The number of nitrogens with zero attached hydrogens (tertiary/aromatic N) is 3. The van der Waals surface area contributed by atoms with Crippen LogP contribution in [0.25, 0.3) is 0 Å². The van der Waals surface area contributed by atoms with Gasteiger partial charge in [0.25, 0.3) is 0 Å². The van der Waals surface area contributed by atoms with Gasteiger partial charge in [-0.3, -0.25) is 14.4 Å². The van der Waals surface area contributed by atoms with Crippen LogP contribution in [0.2, 0.25) is 0 Å². The zero-order valence-corrected chi connectivity index (χ0v) is 13.5. The summed E-state index contributed by atoms with van der Waals surface area (Å²) in [4.78, 5) is 15.9. The molecule has 1 unspecified atom stereocenters. The number of hydrogen-bond donors (Lipinski definition) is 1. The summed E-state index contributed by atoms with van der Waals surface area (Å²) in [6.45, 7) is 3.59. The van der Waals surface area contributed by atoms with Crippen molar-refractivity contribution in [3.63, 3.8) is 0 Å². The summed E-state index contributed by atoms with van der Waals surface area (Å²) in [5, 5.41) is 9.32. The van der Waals surface area contributed by atoms with Gasteiger partial charge in [0, 0.05) is 36.8 Å². The van der Waals surface area contributed by atoms with Crippen LogP contribution < -0.4 is 5.32 Å². The summed E-state index contributed by atoms with van der Waals surface area (Å²) in [7, 11) is 0. The quantitative estimate of drug-likeness (QED) is 0.852. The number of nitrogens with one attached hydrogen (secondary N) is 1. The Bertz CT molecular complexity index is 561. The largest absolute Gasteiger partial charge is 0.354 e. The van der Waals surface area contributed by atoms with E-state index in [-0.39, 0.29) is 5.91 Å². The fourth-order valence-electron chi connectivity index (χ4n) is 2.89. The van der Waals surface area contributed by atoms with Crippen molar-refractivity contribution in [1.29, 1.82) is 0 Å². The van der Waals surface area contributed by atoms with Gasteiger partial charge >= 0.3 is 0 Å². The monoisotopic (exact) mass is 318 g/mol. The number of aromatic nitrogens is 2. The standard InChI is InChI=1S/C16H22N4OS/c21-16(6-11-20-10-4-7-18-20)17-13-14(15-5-3-12-22-15)19-8-1-2-9-19/h3-5,7,10,12,14H,1-2,6,8-9,11,13H2,(H,17,21). The molecule has 1 fully saturated rings. The summed E-state index contributed by atoms with van der Waals surface area (Å²) < 4.78 is 1.79. The molecule has 118 valence electrons. The molecule has 1 N–H and O–H groups in total. The highest BCUT2D eigenvalue weighted by molar-refractivity contribution is 7.10. The topological polar surface area (TPSA) is 50.2 Å². The Morgan fingerprint density at radius 1 is 1.36 bits per heavy atom. The number of carbonyl (C=O) groups is 1. The molecular formula is C16H22N4OS. The lowest BCUT2D eigenvalue weighted by atomic mass is 10.2. The fourth-order valence-corrected chi connectivity index (χ4v) is 3.75. The Morgan fingerprint density at radius 2 is 2.23 bits per heavy atom. The molecule has 1 amide bonds. The second-order valence-electron chi connectivity index (χ2n) is 5.60. The number of carbonyl (C=O) groups excluding carboxylic acids is 1. The third-order valence-corrected chi connectivity index (χ3v) is 5.05. The first-order chi connectivity index (χ1) is 10.8. The molecule has 0 bridgehead atoms. The molecule has 0 aromatic carbocycles. The highest BCUT2D eigenvalue weighted by Gasteiger charge is 2.24. The van der Waals surface area contributed by atoms with E-state index < -0.39 is 0 Å². The molecule has 1 aliphatic heterocycles.